The monoisotopic (exact) mass is 383 g/mol. The number of nitrogens with one attached hydrogen (secondary N) is 2. The van der Waals surface area contributed by atoms with E-state index in [0.29, 0.717) is 15.7 Å². The number of thiophene rings is 1. The minimum absolute atomic E-state index is 0.0256. The Morgan fingerprint density at radius 3 is 2.58 bits per heavy atom. The number of aryl methyl sites for hydroxylation is 1. The summed E-state index contributed by atoms with van der Waals surface area (Å²) in [7, 11) is 0. The molecule has 8 heteroatoms. The highest BCUT2D eigenvalue weighted by atomic mass is 35.5. The van der Waals surface area contributed by atoms with Crippen LogP contribution in [0, 0.1) is 6.92 Å². The van der Waals surface area contributed by atoms with Gasteiger partial charge in [-0.3, -0.25) is 9.59 Å². The highest BCUT2D eigenvalue weighted by Crippen LogP contribution is 2.25. The molecule has 0 bridgehead atoms. The number of carbonyl (C=O) groups is 2. The van der Waals surface area contributed by atoms with E-state index in [-0.39, 0.29) is 24.7 Å². The van der Waals surface area contributed by atoms with E-state index in [2.05, 4.69) is 15.8 Å². The van der Waals surface area contributed by atoms with Gasteiger partial charge in [-0.2, -0.15) is 5.10 Å². The maximum atomic E-state index is 11.8. The molecule has 0 aliphatic rings. The van der Waals surface area contributed by atoms with Gasteiger partial charge in [0.25, 0.3) is 0 Å². The molecule has 5 nitrogen and oxygen atoms in total. The largest absolute Gasteiger partial charge is 0.325 e. The Morgan fingerprint density at radius 2 is 1.92 bits per heavy atom. The average Bonchev–Trinajstić information content (AvgIpc) is 2.93. The fourth-order valence-corrected chi connectivity index (χ4v) is 2.98. The first-order valence-electron chi connectivity index (χ1n) is 7.07. The van der Waals surface area contributed by atoms with Gasteiger partial charge in [-0.25, -0.2) is 5.43 Å². The van der Waals surface area contributed by atoms with Crippen LogP contribution in [0.2, 0.25) is 10.0 Å². The standard InChI is InChI=1S/C16H15Cl2N3O2S/c1-10-2-4-12(24-10)9-19-21-16(23)7-6-15(22)20-14-5-3-11(17)8-13(14)18/h2-5,8-9H,6-7H2,1H3,(H,20,22)(H,21,23)/b19-9+. The van der Waals surface area contributed by atoms with Crippen molar-refractivity contribution in [2.45, 2.75) is 19.8 Å². The number of hydrogen-bond donors (Lipinski definition) is 2. The maximum Gasteiger partial charge on any atom is 0.240 e. The molecule has 0 unspecified atom stereocenters. The van der Waals surface area contributed by atoms with E-state index in [9.17, 15) is 9.59 Å². The summed E-state index contributed by atoms with van der Waals surface area (Å²) in [4.78, 5) is 25.6. The third-order valence-corrected chi connectivity index (χ3v) is 4.41. The summed E-state index contributed by atoms with van der Waals surface area (Å²) in [6.45, 7) is 1.99. The quantitative estimate of drug-likeness (QED) is 0.578. The van der Waals surface area contributed by atoms with Gasteiger partial charge in [0, 0.05) is 27.6 Å². The predicted octanol–water partition coefficient (Wildman–Crippen LogP) is 4.23. The highest BCUT2D eigenvalue weighted by Gasteiger charge is 2.09. The summed E-state index contributed by atoms with van der Waals surface area (Å²) in [5.74, 6) is -0.649. The number of rotatable bonds is 6. The lowest BCUT2D eigenvalue weighted by molar-refractivity contribution is -0.124. The van der Waals surface area contributed by atoms with Gasteiger partial charge in [-0.05, 0) is 37.3 Å². The highest BCUT2D eigenvalue weighted by molar-refractivity contribution is 7.13. The number of nitrogens with zero attached hydrogens (tertiary/aromatic N) is 1. The number of amides is 2. The molecule has 0 aliphatic heterocycles. The second kappa shape index (κ2) is 8.82. The Balaban J connectivity index is 1.74. The van der Waals surface area contributed by atoms with Crippen LogP contribution < -0.4 is 10.7 Å². The van der Waals surface area contributed by atoms with Crippen LogP contribution in [0.5, 0.6) is 0 Å². The zero-order valence-electron chi connectivity index (χ0n) is 12.8. The SMILES string of the molecule is Cc1ccc(/C=N/NC(=O)CCC(=O)Nc2ccc(Cl)cc2Cl)s1. The fraction of sp³-hybridized carbons (Fsp3) is 0.188. The van der Waals surface area contributed by atoms with Gasteiger partial charge < -0.3 is 5.32 Å². The van der Waals surface area contributed by atoms with Gasteiger partial charge in [-0.15, -0.1) is 11.3 Å². The summed E-state index contributed by atoms with van der Waals surface area (Å²) in [6.07, 6.45) is 1.62. The molecule has 2 N–H and O–H groups in total. The van der Waals surface area contributed by atoms with E-state index in [0.717, 1.165) is 4.88 Å². The van der Waals surface area contributed by atoms with Crippen molar-refractivity contribution in [3.63, 3.8) is 0 Å². The lowest BCUT2D eigenvalue weighted by Crippen LogP contribution is -2.20. The topological polar surface area (TPSA) is 70.6 Å². The molecule has 0 aliphatic carbocycles. The number of anilines is 1. The van der Waals surface area contributed by atoms with Crippen molar-refractivity contribution in [1.82, 2.24) is 5.43 Å². The number of hydrazone groups is 1. The molecule has 24 heavy (non-hydrogen) atoms. The Hall–Kier alpha value is -1.89. The second-order valence-electron chi connectivity index (χ2n) is 4.91. The minimum atomic E-state index is -0.336. The van der Waals surface area contributed by atoms with E-state index >= 15 is 0 Å². The average molecular weight is 384 g/mol. The van der Waals surface area contributed by atoms with Crippen molar-refractivity contribution in [2.75, 3.05) is 5.32 Å². The summed E-state index contributed by atoms with van der Waals surface area (Å²) in [5, 5.41) is 7.32. The first-order chi connectivity index (χ1) is 11.4. The molecule has 0 saturated heterocycles. The van der Waals surface area contributed by atoms with Crippen molar-refractivity contribution >= 4 is 58.3 Å². The van der Waals surface area contributed by atoms with Crippen LogP contribution in [-0.4, -0.2) is 18.0 Å². The van der Waals surface area contributed by atoms with Gasteiger partial charge in [0.05, 0.1) is 16.9 Å². The summed E-state index contributed by atoms with van der Waals surface area (Å²) < 4.78 is 0. The van der Waals surface area contributed by atoms with E-state index < -0.39 is 0 Å². The van der Waals surface area contributed by atoms with Crippen LogP contribution in [0.1, 0.15) is 22.6 Å². The Labute approximate surface area is 153 Å². The zero-order chi connectivity index (χ0) is 17.5. The van der Waals surface area contributed by atoms with Crippen molar-refractivity contribution in [2.24, 2.45) is 5.10 Å². The Morgan fingerprint density at radius 1 is 1.17 bits per heavy atom. The van der Waals surface area contributed by atoms with Gasteiger partial charge in [0.15, 0.2) is 0 Å². The molecule has 2 rings (SSSR count). The molecular weight excluding hydrogens is 369 g/mol. The third kappa shape index (κ3) is 5.96. The maximum absolute atomic E-state index is 11.8. The van der Waals surface area contributed by atoms with Crippen molar-refractivity contribution in [1.29, 1.82) is 0 Å². The third-order valence-electron chi connectivity index (χ3n) is 2.93. The first kappa shape index (κ1) is 18.4. The number of carbonyl (C=O) groups excluding carboxylic acids is 2. The van der Waals surface area contributed by atoms with Crippen molar-refractivity contribution in [3.05, 3.63) is 50.1 Å². The van der Waals surface area contributed by atoms with Gasteiger partial charge >= 0.3 is 0 Å². The molecule has 1 heterocycles. The molecular formula is C16H15Cl2N3O2S. The predicted molar refractivity (Wildman–Crippen MR) is 99.1 cm³/mol. The number of benzene rings is 1. The first-order valence-corrected chi connectivity index (χ1v) is 8.64. The van der Waals surface area contributed by atoms with Crippen LogP contribution in [0.4, 0.5) is 5.69 Å². The summed E-state index contributed by atoms with van der Waals surface area (Å²) >= 11 is 13.3. The summed E-state index contributed by atoms with van der Waals surface area (Å²) in [5.41, 5.74) is 2.85. The molecule has 0 fully saturated rings. The van der Waals surface area contributed by atoms with Crippen LogP contribution in [0.15, 0.2) is 35.4 Å². The fourth-order valence-electron chi connectivity index (χ4n) is 1.78. The van der Waals surface area contributed by atoms with E-state index in [1.165, 1.54) is 10.9 Å². The molecule has 126 valence electrons. The molecule has 0 saturated carbocycles. The van der Waals surface area contributed by atoms with Crippen LogP contribution in [0.25, 0.3) is 0 Å². The van der Waals surface area contributed by atoms with E-state index in [4.69, 9.17) is 23.2 Å². The molecule has 0 spiro atoms. The molecule has 1 aromatic carbocycles. The van der Waals surface area contributed by atoms with Gasteiger partial charge in [-0.1, -0.05) is 23.2 Å². The van der Waals surface area contributed by atoms with Crippen molar-refractivity contribution < 1.29 is 9.59 Å². The normalized spacial score (nSPS) is 10.8. The number of halogens is 2. The van der Waals surface area contributed by atoms with Crippen LogP contribution in [0.3, 0.4) is 0 Å². The molecule has 0 radical (unpaired) electrons. The van der Waals surface area contributed by atoms with Crippen molar-refractivity contribution in [3.8, 4) is 0 Å². The van der Waals surface area contributed by atoms with Gasteiger partial charge in [0.1, 0.15) is 0 Å². The van der Waals surface area contributed by atoms with E-state index in [1.54, 1.807) is 29.7 Å². The number of hydrogen-bond acceptors (Lipinski definition) is 4. The second-order valence-corrected chi connectivity index (χ2v) is 7.08. The lowest BCUT2D eigenvalue weighted by atomic mass is 10.2. The Kier molecular flexibility index (Phi) is 6.78. The van der Waals surface area contributed by atoms with Crippen LogP contribution >= 0.6 is 34.5 Å². The molecule has 2 amide bonds. The molecule has 0 atom stereocenters. The van der Waals surface area contributed by atoms with Crippen LogP contribution in [-0.2, 0) is 9.59 Å². The smallest absolute Gasteiger partial charge is 0.240 e. The summed E-state index contributed by atoms with van der Waals surface area (Å²) in [6, 6.07) is 8.65. The van der Waals surface area contributed by atoms with Gasteiger partial charge in [0.2, 0.25) is 11.8 Å². The minimum Gasteiger partial charge on any atom is -0.325 e. The lowest BCUT2D eigenvalue weighted by Gasteiger charge is -2.07. The van der Waals surface area contributed by atoms with E-state index in [1.807, 2.05) is 19.1 Å². The Bertz CT molecular complexity index is 774. The molecule has 1 aromatic heterocycles. The zero-order valence-corrected chi connectivity index (χ0v) is 15.1. The molecule has 2 aromatic rings.